The third-order valence-electron chi connectivity index (χ3n) is 4.59. The van der Waals surface area contributed by atoms with Crippen LogP contribution in [0.4, 0.5) is 0 Å². The second-order valence-corrected chi connectivity index (χ2v) is 7.03. The van der Waals surface area contributed by atoms with Gasteiger partial charge in [-0.3, -0.25) is 4.79 Å². The minimum absolute atomic E-state index is 0.139. The number of hydrogen-bond acceptors (Lipinski definition) is 5. The van der Waals surface area contributed by atoms with Gasteiger partial charge in [0.15, 0.2) is 0 Å². The van der Waals surface area contributed by atoms with Crippen molar-refractivity contribution in [3.05, 3.63) is 35.2 Å². The minimum atomic E-state index is -0.951. The third kappa shape index (κ3) is 4.22. The normalized spacial score (nSPS) is 20.2. The fourth-order valence-electron chi connectivity index (χ4n) is 3.10. The van der Waals surface area contributed by atoms with Crippen LogP contribution in [0.15, 0.2) is 28.8 Å². The number of carboxylic acid groups (broad SMARTS) is 1. The van der Waals surface area contributed by atoms with Crippen LogP contribution < -0.4 is 0 Å². The van der Waals surface area contributed by atoms with E-state index < -0.39 is 12.0 Å². The molecule has 26 heavy (non-hydrogen) atoms. The first-order valence-electron chi connectivity index (χ1n) is 8.55. The maximum absolute atomic E-state index is 12.5. The molecule has 3 rings (SSSR count). The van der Waals surface area contributed by atoms with Crippen LogP contribution in [0.5, 0.6) is 0 Å². The lowest BCUT2D eigenvalue weighted by atomic mass is 9.92. The molecule has 1 fully saturated rings. The van der Waals surface area contributed by atoms with Gasteiger partial charge in [-0.15, -0.1) is 0 Å². The van der Waals surface area contributed by atoms with Crippen LogP contribution in [0.25, 0.3) is 11.4 Å². The van der Waals surface area contributed by atoms with Crippen molar-refractivity contribution in [1.29, 1.82) is 0 Å². The molecule has 1 aromatic carbocycles. The quantitative estimate of drug-likeness (QED) is 0.860. The van der Waals surface area contributed by atoms with Gasteiger partial charge in [-0.05, 0) is 43.0 Å². The van der Waals surface area contributed by atoms with E-state index >= 15 is 0 Å². The predicted molar refractivity (Wildman–Crippen MR) is 94.6 cm³/mol. The molecule has 0 saturated carbocycles. The van der Waals surface area contributed by atoms with E-state index in [0.717, 1.165) is 12.0 Å². The van der Waals surface area contributed by atoms with Crippen LogP contribution >= 0.6 is 11.6 Å². The van der Waals surface area contributed by atoms with Crippen LogP contribution in [-0.4, -0.2) is 44.6 Å². The Morgan fingerprint density at radius 1 is 1.35 bits per heavy atom. The highest BCUT2D eigenvalue weighted by Crippen LogP contribution is 2.24. The third-order valence-corrected chi connectivity index (χ3v) is 4.85. The van der Waals surface area contributed by atoms with E-state index in [2.05, 4.69) is 10.1 Å². The molecule has 0 aliphatic carbocycles. The van der Waals surface area contributed by atoms with Crippen molar-refractivity contribution in [3.8, 4) is 11.4 Å². The summed E-state index contributed by atoms with van der Waals surface area (Å²) in [7, 11) is 0. The molecule has 0 spiro atoms. The van der Waals surface area contributed by atoms with Crippen molar-refractivity contribution in [2.75, 3.05) is 6.54 Å². The second-order valence-electron chi connectivity index (χ2n) is 6.59. The highest BCUT2D eigenvalue weighted by molar-refractivity contribution is 6.30. The summed E-state index contributed by atoms with van der Waals surface area (Å²) in [4.78, 5) is 29.6. The minimum Gasteiger partial charge on any atom is -0.480 e. The van der Waals surface area contributed by atoms with Crippen molar-refractivity contribution in [2.45, 2.75) is 38.6 Å². The molecule has 1 N–H and O–H groups in total. The Hall–Kier alpha value is -2.41. The molecule has 2 atom stereocenters. The van der Waals surface area contributed by atoms with Crippen LogP contribution in [0, 0.1) is 5.92 Å². The van der Waals surface area contributed by atoms with E-state index in [4.69, 9.17) is 16.1 Å². The fraction of sp³-hybridized carbons (Fsp3) is 0.444. The molecule has 1 saturated heterocycles. The zero-order chi connectivity index (χ0) is 18.7. The highest BCUT2D eigenvalue weighted by atomic mass is 35.5. The van der Waals surface area contributed by atoms with E-state index in [0.29, 0.717) is 35.6 Å². The zero-order valence-corrected chi connectivity index (χ0v) is 15.1. The molecule has 2 aromatic rings. The van der Waals surface area contributed by atoms with Crippen molar-refractivity contribution in [3.63, 3.8) is 0 Å². The molecule has 1 aromatic heterocycles. The Kier molecular flexibility index (Phi) is 5.56. The number of aliphatic carboxylic acids is 1. The van der Waals surface area contributed by atoms with Gasteiger partial charge in [0.05, 0.1) is 0 Å². The van der Waals surface area contributed by atoms with Crippen molar-refractivity contribution >= 4 is 23.5 Å². The lowest BCUT2D eigenvalue weighted by Gasteiger charge is -2.36. The van der Waals surface area contributed by atoms with Crippen molar-refractivity contribution in [2.24, 2.45) is 5.92 Å². The van der Waals surface area contributed by atoms with Gasteiger partial charge in [-0.25, -0.2) is 4.79 Å². The molecular weight excluding hydrogens is 358 g/mol. The summed E-state index contributed by atoms with van der Waals surface area (Å²) in [5.41, 5.74) is 0.770. The number of piperidine rings is 1. The largest absolute Gasteiger partial charge is 0.480 e. The number of nitrogens with zero attached hydrogens (tertiary/aromatic N) is 3. The second kappa shape index (κ2) is 7.86. The maximum Gasteiger partial charge on any atom is 0.326 e. The average molecular weight is 378 g/mol. The molecule has 8 heteroatoms. The standard InChI is InChI=1S/C18H20ClN3O4/c1-11-8-9-22(14(10-11)18(24)25)16(23)7-6-15-20-17(21-26-15)12-2-4-13(19)5-3-12/h2-5,11,14H,6-10H2,1H3,(H,24,25). The Balaban J connectivity index is 1.61. The number of carbonyl (C=O) groups is 2. The number of rotatable bonds is 5. The van der Waals surface area contributed by atoms with Crippen LogP contribution in [-0.2, 0) is 16.0 Å². The van der Waals surface area contributed by atoms with Crippen molar-refractivity contribution < 1.29 is 19.2 Å². The van der Waals surface area contributed by atoms with Crippen LogP contribution in [0.2, 0.25) is 5.02 Å². The zero-order valence-electron chi connectivity index (χ0n) is 14.4. The lowest BCUT2D eigenvalue weighted by molar-refractivity contribution is -0.153. The van der Waals surface area contributed by atoms with Gasteiger partial charge in [-0.1, -0.05) is 23.7 Å². The van der Waals surface area contributed by atoms with E-state index in [1.165, 1.54) is 4.90 Å². The highest BCUT2D eigenvalue weighted by Gasteiger charge is 2.34. The number of hydrogen-bond donors (Lipinski definition) is 1. The Morgan fingerprint density at radius 2 is 2.08 bits per heavy atom. The monoisotopic (exact) mass is 377 g/mol. The molecule has 2 unspecified atom stereocenters. The molecule has 2 heterocycles. The molecule has 1 amide bonds. The van der Waals surface area contributed by atoms with E-state index in [9.17, 15) is 14.7 Å². The van der Waals surface area contributed by atoms with E-state index in [1.54, 1.807) is 24.3 Å². The summed E-state index contributed by atoms with van der Waals surface area (Å²) in [5.74, 6) is -0.0684. The summed E-state index contributed by atoms with van der Waals surface area (Å²) in [6.45, 7) is 2.48. The summed E-state index contributed by atoms with van der Waals surface area (Å²) in [6.07, 6.45) is 1.72. The molecule has 0 bridgehead atoms. The van der Waals surface area contributed by atoms with Gasteiger partial charge in [0, 0.05) is 30.0 Å². The first-order chi connectivity index (χ1) is 12.4. The first-order valence-corrected chi connectivity index (χ1v) is 8.92. The molecule has 1 aliphatic heterocycles. The first kappa shape index (κ1) is 18.4. The van der Waals surface area contributed by atoms with Crippen molar-refractivity contribution in [1.82, 2.24) is 15.0 Å². The summed E-state index contributed by atoms with van der Waals surface area (Å²) in [5, 5.41) is 13.9. The summed E-state index contributed by atoms with van der Waals surface area (Å²) < 4.78 is 5.20. The Bertz CT molecular complexity index is 790. The lowest BCUT2D eigenvalue weighted by Crippen LogP contribution is -2.49. The predicted octanol–water partition coefficient (Wildman–Crippen LogP) is 3.03. The molecule has 7 nitrogen and oxygen atoms in total. The average Bonchev–Trinajstić information content (AvgIpc) is 3.09. The Morgan fingerprint density at radius 3 is 2.77 bits per heavy atom. The number of halogens is 1. The van der Waals surface area contributed by atoms with E-state index in [1.807, 2.05) is 6.92 Å². The number of carbonyl (C=O) groups excluding carboxylic acids is 1. The van der Waals surface area contributed by atoms with Crippen LogP contribution in [0.1, 0.15) is 32.1 Å². The Labute approximate surface area is 155 Å². The number of aromatic nitrogens is 2. The fourth-order valence-corrected chi connectivity index (χ4v) is 3.23. The summed E-state index contributed by atoms with van der Waals surface area (Å²) >= 11 is 5.86. The topological polar surface area (TPSA) is 96.5 Å². The number of amides is 1. The molecule has 1 aliphatic rings. The smallest absolute Gasteiger partial charge is 0.326 e. The van der Waals surface area contributed by atoms with Gasteiger partial charge in [0.25, 0.3) is 0 Å². The van der Waals surface area contributed by atoms with E-state index in [-0.39, 0.29) is 18.7 Å². The number of carboxylic acids is 1. The number of likely N-dealkylation sites (tertiary alicyclic amines) is 1. The van der Waals surface area contributed by atoms with Gasteiger partial charge >= 0.3 is 5.97 Å². The SMILES string of the molecule is CC1CCN(C(=O)CCc2nc(-c3ccc(Cl)cc3)no2)C(C(=O)O)C1. The number of aryl methyl sites for hydroxylation is 1. The van der Waals surface area contributed by atoms with Gasteiger partial charge in [0.2, 0.25) is 17.6 Å². The molecule has 0 radical (unpaired) electrons. The summed E-state index contributed by atoms with van der Waals surface area (Å²) in [6, 6.07) is 6.29. The molecule has 138 valence electrons. The van der Waals surface area contributed by atoms with Gasteiger partial charge < -0.3 is 14.5 Å². The molecular formula is C18H20ClN3O4. The van der Waals surface area contributed by atoms with Crippen LogP contribution in [0.3, 0.4) is 0 Å². The van der Waals surface area contributed by atoms with Gasteiger partial charge in [-0.2, -0.15) is 4.98 Å². The van der Waals surface area contributed by atoms with Gasteiger partial charge in [0.1, 0.15) is 6.04 Å². The number of benzene rings is 1. The maximum atomic E-state index is 12.5.